The van der Waals surface area contributed by atoms with Gasteiger partial charge in [-0.1, -0.05) is 20.3 Å². The van der Waals surface area contributed by atoms with Crippen LogP contribution in [0.3, 0.4) is 0 Å². The molecule has 0 aromatic rings. The predicted molar refractivity (Wildman–Crippen MR) is 64.8 cm³/mol. The quantitative estimate of drug-likeness (QED) is 0.772. The maximum Gasteiger partial charge on any atom is 0.0116 e. The first-order valence-electron chi connectivity index (χ1n) is 6.79. The van der Waals surface area contributed by atoms with Gasteiger partial charge in [0.2, 0.25) is 0 Å². The van der Waals surface area contributed by atoms with Crippen molar-refractivity contribution >= 4 is 0 Å². The number of fused-ring (bicyclic) bond motifs is 2. The Hall–Kier alpha value is -0.0800. The normalized spacial score (nSPS) is 38.2. The van der Waals surface area contributed by atoms with Gasteiger partial charge in [-0.05, 0) is 38.5 Å². The van der Waals surface area contributed by atoms with Crippen molar-refractivity contribution in [2.24, 2.45) is 5.73 Å². The van der Waals surface area contributed by atoms with Crippen LogP contribution in [-0.2, 0) is 0 Å². The molecule has 2 nitrogen and oxygen atoms in total. The van der Waals surface area contributed by atoms with Crippen LogP contribution in [0.5, 0.6) is 0 Å². The van der Waals surface area contributed by atoms with Crippen LogP contribution in [0.2, 0.25) is 0 Å². The highest BCUT2D eigenvalue weighted by Crippen LogP contribution is 2.38. The van der Waals surface area contributed by atoms with Crippen molar-refractivity contribution in [2.75, 3.05) is 0 Å². The minimum atomic E-state index is 0.484. The molecule has 0 aliphatic carbocycles. The van der Waals surface area contributed by atoms with Gasteiger partial charge >= 0.3 is 0 Å². The third-order valence-corrected chi connectivity index (χ3v) is 4.34. The highest BCUT2D eigenvalue weighted by Gasteiger charge is 2.41. The molecule has 3 atom stereocenters. The average molecular weight is 210 g/mol. The lowest BCUT2D eigenvalue weighted by molar-refractivity contribution is 0.0701. The van der Waals surface area contributed by atoms with Gasteiger partial charge in [0.05, 0.1) is 0 Å². The molecule has 15 heavy (non-hydrogen) atoms. The molecule has 0 amide bonds. The van der Waals surface area contributed by atoms with Gasteiger partial charge in [0.1, 0.15) is 0 Å². The summed E-state index contributed by atoms with van der Waals surface area (Å²) in [5, 5.41) is 0. The molecular weight excluding hydrogens is 184 g/mol. The van der Waals surface area contributed by atoms with Crippen LogP contribution in [0.1, 0.15) is 58.8 Å². The van der Waals surface area contributed by atoms with E-state index in [0.29, 0.717) is 6.04 Å². The molecule has 2 aliphatic rings. The van der Waals surface area contributed by atoms with Crippen LogP contribution in [0.15, 0.2) is 0 Å². The maximum absolute atomic E-state index is 6.11. The number of rotatable bonds is 4. The third-order valence-electron chi connectivity index (χ3n) is 4.34. The summed E-state index contributed by atoms with van der Waals surface area (Å²) in [6, 6.07) is 2.95. The summed E-state index contributed by atoms with van der Waals surface area (Å²) in [6.45, 7) is 4.65. The van der Waals surface area contributed by atoms with Crippen LogP contribution >= 0.6 is 0 Å². The highest BCUT2D eigenvalue weighted by atomic mass is 15.2. The van der Waals surface area contributed by atoms with E-state index in [9.17, 15) is 0 Å². The largest absolute Gasteiger partial charge is 0.328 e. The van der Waals surface area contributed by atoms with Crippen LogP contribution in [-0.4, -0.2) is 29.1 Å². The maximum atomic E-state index is 6.11. The zero-order valence-corrected chi connectivity index (χ0v) is 10.3. The first-order chi connectivity index (χ1) is 7.26. The van der Waals surface area contributed by atoms with E-state index in [1.165, 1.54) is 44.9 Å². The second-order valence-corrected chi connectivity index (χ2v) is 5.41. The highest BCUT2D eigenvalue weighted by molar-refractivity contribution is 4.98. The molecule has 2 N–H and O–H groups in total. The van der Waals surface area contributed by atoms with E-state index in [-0.39, 0.29) is 0 Å². The molecule has 0 radical (unpaired) electrons. The fourth-order valence-corrected chi connectivity index (χ4v) is 3.75. The van der Waals surface area contributed by atoms with E-state index in [2.05, 4.69) is 18.7 Å². The number of nitrogens with zero attached hydrogens (tertiary/aromatic N) is 1. The first-order valence-corrected chi connectivity index (χ1v) is 6.79. The Morgan fingerprint density at radius 3 is 2.27 bits per heavy atom. The SMILES string of the molecule is CCCC(CC)N1C2CCC1CC(N)C2. The molecule has 0 saturated carbocycles. The van der Waals surface area contributed by atoms with E-state index in [1.807, 2.05) is 0 Å². The molecule has 3 unspecified atom stereocenters. The molecule has 2 heterocycles. The second-order valence-electron chi connectivity index (χ2n) is 5.41. The molecular formula is C13H26N2. The standard InChI is InChI=1S/C13H26N2/c1-3-5-11(4-2)15-12-6-7-13(15)9-10(14)8-12/h10-13H,3-9,14H2,1-2H3. The fourth-order valence-electron chi connectivity index (χ4n) is 3.75. The molecule has 2 fully saturated rings. The topological polar surface area (TPSA) is 29.3 Å². The molecule has 0 aromatic heterocycles. The summed E-state index contributed by atoms with van der Waals surface area (Å²) >= 11 is 0. The van der Waals surface area contributed by atoms with Crippen molar-refractivity contribution in [1.82, 2.24) is 4.90 Å². The lowest BCUT2D eigenvalue weighted by Crippen LogP contribution is -2.51. The van der Waals surface area contributed by atoms with Crippen molar-refractivity contribution in [3.8, 4) is 0 Å². The molecule has 2 aliphatic heterocycles. The van der Waals surface area contributed by atoms with Gasteiger partial charge in [-0.25, -0.2) is 0 Å². The molecule has 0 aromatic carbocycles. The van der Waals surface area contributed by atoms with Gasteiger partial charge in [0.25, 0.3) is 0 Å². The molecule has 2 heteroatoms. The minimum absolute atomic E-state index is 0.484. The van der Waals surface area contributed by atoms with Crippen molar-refractivity contribution in [2.45, 2.75) is 83.0 Å². The van der Waals surface area contributed by atoms with Crippen LogP contribution in [0.4, 0.5) is 0 Å². The molecule has 2 rings (SSSR count). The summed E-state index contributed by atoms with van der Waals surface area (Å²) in [7, 11) is 0. The minimum Gasteiger partial charge on any atom is -0.328 e. The van der Waals surface area contributed by atoms with Crippen molar-refractivity contribution in [3.63, 3.8) is 0 Å². The zero-order valence-electron chi connectivity index (χ0n) is 10.3. The summed E-state index contributed by atoms with van der Waals surface area (Å²) in [5.41, 5.74) is 6.11. The van der Waals surface area contributed by atoms with Crippen molar-refractivity contribution < 1.29 is 0 Å². The summed E-state index contributed by atoms with van der Waals surface area (Å²) in [6.07, 6.45) is 9.31. The number of nitrogens with two attached hydrogens (primary N) is 1. The summed E-state index contributed by atoms with van der Waals surface area (Å²) in [5.74, 6) is 0. The molecule has 2 saturated heterocycles. The summed E-state index contributed by atoms with van der Waals surface area (Å²) < 4.78 is 0. The molecule has 2 bridgehead atoms. The molecule has 88 valence electrons. The smallest absolute Gasteiger partial charge is 0.0116 e. The second kappa shape index (κ2) is 4.84. The summed E-state index contributed by atoms with van der Waals surface area (Å²) in [4.78, 5) is 2.83. The first kappa shape index (κ1) is 11.4. The Balaban J connectivity index is 2.02. The zero-order chi connectivity index (χ0) is 10.8. The predicted octanol–water partition coefficient (Wildman–Crippen LogP) is 2.52. The van der Waals surface area contributed by atoms with Gasteiger partial charge in [-0.15, -0.1) is 0 Å². The Labute approximate surface area is 94.2 Å². The van der Waals surface area contributed by atoms with Crippen molar-refractivity contribution in [1.29, 1.82) is 0 Å². The van der Waals surface area contributed by atoms with E-state index < -0.39 is 0 Å². The van der Waals surface area contributed by atoms with E-state index in [1.54, 1.807) is 0 Å². The number of hydrogen-bond acceptors (Lipinski definition) is 2. The van der Waals surface area contributed by atoms with Crippen LogP contribution in [0.25, 0.3) is 0 Å². The monoisotopic (exact) mass is 210 g/mol. The van der Waals surface area contributed by atoms with Gasteiger partial charge in [0.15, 0.2) is 0 Å². The van der Waals surface area contributed by atoms with E-state index in [0.717, 1.165) is 18.1 Å². The van der Waals surface area contributed by atoms with Crippen LogP contribution < -0.4 is 5.73 Å². The average Bonchev–Trinajstić information content (AvgIpc) is 2.47. The Kier molecular flexibility index (Phi) is 3.68. The fraction of sp³-hybridized carbons (Fsp3) is 1.00. The van der Waals surface area contributed by atoms with Gasteiger partial charge in [0, 0.05) is 24.2 Å². The van der Waals surface area contributed by atoms with Gasteiger partial charge in [-0.3, -0.25) is 4.90 Å². The Bertz CT molecular complexity index is 191. The molecule has 0 spiro atoms. The lowest BCUT2D eigenvalue weighted by Gasteiger charge is -2.42. The van der Waals surface area contributed by atoms with E-state index in [4.69, 9.17) is 5.73 Å². The number of hydrogen-bond donors (Lipinski definition) is 1. The van der Waals surface area contributed by atoms with E-state index >= 15 is 0 Å². The third kappa shape index (κ3) is 2.21. The van der Waals surface area contributed by atoms with Crippen LogP contribution in [0, 0.1) is 0 Å². The Morgan fingerprint density at radius 1 is 1.20 bits per heavy atom. The Morgan fingerprint density at radius 2 is 1.80 bits per heavy atom. The van der Waals surface area contributed by atoms with Gasteiger partial charge < -0.3 is 5.73 Å². The van der Waals surface area contributed by atoms with Crippen molar-refractivity contribution in [3.05, 3.63) is 0 Å². The lowest BCUT2D eigenvalue weighted by atomic mass is 9.94. The number of piperidine rings is 1. The van der Waals surface area contributed by atoms with Gasteiger partial charge in [-0.2, -0.15) is 0 Å².